The number of methoxy groups -OCH3 is 1. The Bertz CT molecular complexity index is 660. The first-order chi connectivity index (χ1) is 11.7. The highest BCUT2D eigenvalue weighted by atomic mass is 19.1. The molecule has 0 spiro atoms. The van der Waals surface area contributed by atoms with Crippen molar-refractivity contribution >= 4 is 5.95 Å². The highest BCUT2D eigenvalue weighted by Crippen LogP contribution is 2.25. The Kier molecular flexibility index (Phi) is 5.22. The molecule has 1 aromatic heterocycles. The fourth-order valence-electron chi connectivity index (χ4n) is 2.54. The van der Waals surface area contributed by atoms with E-state index in [9.17, 15) is 4.39 Å². The third kappa shape index (κ3) is 4.18. The van der Waals surface area contributed by atoms with Crippen molar-refractivity contribution in [2.24, 2.45) is 0 Å². The number of hydrogen-bond donors (Lipinski definition) is 1. The molecule has 1 aliphatic heterocycles. The van der Waals surface area contributed by atoms with Gasteiger partial charge in [-0.25, -0.2) is 9.37 Å². The minimum absolute atomic E-state index is 0.268. The molecular formula is C17H20FN3O3. The summed E-state index contributed by atoms with van der Waals surface area (Å²) in [7, 11) is 1.71. The predicted octanol–water partition coefficient (Wildman–Crippen LogP) is 3.02. The second kappa shape index (κ2) is 7.55. The summed E-state index contributed by atoms with van der Waals surface area (Å²) in [5.74, 6) is 1.04. The van der Waals surface area contributed by atoms with Gasteiger partial charge in [0.25, 0.3) is 0 Å². The first-order valence-corrected chi connectivity index (χ1v) is 7.82. The van der Waals surface area contributed by atoms with E-state index in [0.717, 1.165) is 12.8 Å². The molecule has 0 atom stereocenters. The number of ether oxygens (including phenoxy) is 3. The van der Waals surface area contributed by atoms with Crippen LogP contribution in [0.15, 0.2) is 36.5 Å². The number of benzene rings is 1. The van der Waals surface area contributed by atoms with Gasteiger partial charge in [-0.3, -0.25) is 0 Å². The van der Waals surface area contributed by atoms with Gasteiger partial charge >= 0.3 is 0 Å². The maximum Gasteiger partial charge on any atom is 0.226 e. The summed E-state index contributed by atoms with van der Waals surface area (Å²) >= 11 is 0. The quantitative estimate of drug-likeness (QED) is 0.877. The van der Waals surface area contributed by atoms with Crippen LogP contribution in [0.25, 0.3) is 0 Å². The van der Waals surface area contributed by atoms with Crippen LogP contribution in [0.1, 0.15) is 12.8 Å². The molecule has 2 aromatic rings. The van der Waals surface area contributed by atoms with Gasteiger partial charge in [-0.2, -0.15) is 4.98 Å². The van der Waals surface area contributed by atoms with Crippen molar-refractivity contribution in [3.05, 3.63) is 42.3 Å². The van der Waals surface area contributed by atoms with E-state index in [2.05, 4.69) is 15.3 Å². The van der Waals surface area contributed by atoms with Crippen molar-refractivity contribution in [3.8, 4) is 11.6 Å². The molecule has 2 heterocycles. The molecule has 3 rings (SSSR count). The summed E-state index contributed by atoms with van der Waals surface area (Å²) < 4.78 is 29.6. The minimum atomic E-state index is -0.311. The Morgan fingerprint density at radius 2 is 1.96 bits per heavy atom. The lowest BCUT2D eigenvalue weighted by Crippen LogP contribution is -2.44. The van der Waals surface area contributed by atoms with E-state index in [1.807, 2.05) is 0 Å². The number of hydrogen-bond acceptors (Lipinski definition) is 6. The molecule has 0 radical (unpaired) electrons. The van der Waals surface area contributed by atoms with E-state index >= 15 is 0 Å². The predicted molar refractivity (Wildman–Crippen MR) is 86.8 cm³/mol. The smallest absolute Gasteiger partial charge is 0.226 e. The van der Waals surface area contributed by atoms with E-state index in [-0.39, 0.29) is 11.4 Å². The van der Waals surface area contributed by atoms with Crippen LogP contribution in [0, 0.1) is 5.82 Å². The molecule has 0 amide bonds. The van der Waals surface area contributed by atoms with Gasteiger partial charge in [0, 0.05) is 52.0 Å². The van der Waals surface area contributed by atoms with Crippen LogP contribution in [-0.2, 0) is 9.47 Å². The van der Waals surface area contributed by atoms with E-state index in [1.54, 1.807) is 31.5 Å². The number of halogens is 1. The first-order valence-electron chi connectivity index (χ1n) is 7.82. The van der Waals surface area contributed by atoms with Crippen molar-refractivity contribution in [3.63, 3.8) is 0 Å². The molecule has 0 bridgehead atoms. The highest BCUT2D eigenvalue weighted by molar-refractivity contribution is 5.32. The van der Waals surface area contributed by atoms with Crippen LogP contribution in [0.4, 0.5) is 10.3 Å². The van der Waals surface area contributed by atoms with Gasteiger partial charge in [-0.1, -0.05) is 0 Å². The Hall–Kier alpha value is -2.25. The third-order valence-corrected chi connectivity index (χ3v) is 4.07. The van der Waals surface area contributed by atoms with Gasteiger partial charge < -0.3 is 19.5 Å². The Balaban J connectivity index is 1.63. The van der Waals surface area contributed by atoms with Crippen LogP contribution in [0.2, 0.25) is 0 Å². The van der Waals surface area contributed by atoms with Gasteiger partial charge in [0.1, 0.15) is 11.6 Å². The number of nitrogens with one attached hydrogen (secondary N) is 1. The summed E-state index contributed by atoms with van der Waals surface area (Å²) in [5.41, 5.74) is -0.268. The minimum Gasteiger partial charge on any atom is -0.439 e. The maximum absolute atomic E-state index is 12.9. The van der Waals surface area contributed by atoms with Crippen molar-refractivity contribution in [2.45, 2.75) is 18.4 Å². The van der Waals surface area contributed by atoms with Gasteiger partial charge in [0.2, 0.25) is 11.8 Å². The Morgan fingerprint density at radius 1 is 1.21 bits per heavy atom. The summed E-state index contributed by atoms with van der Waals surface area (Å²) in [4.78, 5) is 8.51. The molecule has 1 fully saturated rings. The van der Waals surface area contributed by atoms with Crippen molar-refractivity contribution in [1.82, 2.24) is 9.97 Å². The van der Waals surface area contributed by atoms with Gasteiger partial charge in [0.15, 0.2) is 0 Å². The standard InChI is InChI=1S/C17H20FN3O3/c1-22-17(7-10-23-11-8-17)12-20-16-19-9-6-15(21-16)24-14-4-2-13(18)3-5-14/h2-6,9H,7-8,10-12H2,1H3,(H,19,20,21). The largest absolute Gasteiger partial charge is 0.439 e. The number of anilines is 1. The zero-order chi connectivity index (χ0) is 16.8. The second-order valence-electron chi connectivity index (χ2n) is 5.63. The van der Waals surface area contributed by atoms with Crippen LogP contribution >= 0.6 is 0 Å². The first kappa shape index (κ1) is 16.6. The lowest BCUT2D eigenvalue weighted by Gasteiger charge is -2.35. The van der Waals surface area contributed by atoms with Crippen LogP contribution in [0.3, 0.4) is 0 Å². The number of rotatable bonds is 6. The summed E-state index contributed by atoms with van der Waals surface area (Å²) in [5, 5.41) is 3.20. The summed E-state index contributed by atoms with van der Waals surface area (Å²) in [6.45, 7) is 1.96. The molecule has 0 unspecified atom stereocenters. The molecule has 0 aliphatic carbocycles. The lowest BCUT2D eigenvalue weighted by atomic mass is 9.94. The lowest BCUT2D eigenvalue weighted by molar-refractivity contribution is -0.0807. The fraction of sp³-hybridized carbons (Fsp3) is 0.412. The molecule has 1 aliphatic rings. The average Bonchev–Trinajstić information content (AvgIpc) is 2.63. The zero-order valence-electron chi connectivity index (χ0n) is 13.5. The summed E-state index contributed by atoms with van der Waals surface area (Å²) in [6.07, 6.45) is 3.25. The molecule has 6 nitrogen and oxygen atoms in total. The summed E-state index contributed by atoms with van der Waals surface area (Å²) in [6, 6.07) is 7.42. The highest BCUT2D eigenvalue weighted by Gasteiger charge is 2.32. The Morgan fingerprint density at radius 3 is 2.67 bits per heavy atom. The maximum atomic E-state index is 12.9. The van der Waals surface area contributed by atoms with E-state index in [4.69, 9.17) is 14.2 Å². The number of nitrogens with zero attached hydrogens (tertiary/aromatic N) is 2. The van der Waals surface area contributed by atoms with Crippen molar-refractivity contribution < 1.29 is 18.6 Å². The molecule has 128 valence electrons. The SMILES string of the molecule is COC1(CNc2nccc(Oc3ccc(F)cc3)n2)CCOCC1. The molecule has 24 heavy (non-hydrogen) atoms. The van der Waals surface area contributed by atoms with Crippen molar-refractivity contribution in [2.75, 3.05) is 32.2 Å². The molecule has 1 aromatic carbocycles. The Labute approximate surface area is 140 Å². The second-order valence-corrected chi connectivity index (χ2v) is 5.63. The van der Waals surface area contributed by atoms with Gasteiger partial charge in [-0.05, 0) is 24.3 Å². The normalized spacial score (nSPS) is 16.6. The molecule has 0 saturated carbocycles. The van der Waals surface area contributed by atoms with Gasteiger partial charge in [0.05, 0.1) is 5.60 Å². The monoisotopic (exact) mass is 333 g/mol. The van der Waals surface area contributed by atoms with E-state index in [0.29, 0.717) is 37.3 Å². The van der Waals surface area contributed by atoms with Crippen LogP contribution < -0.4 is 10.1 Å². The zero-order valence-corrected chi connectivity index (χ0v) is 13.5. The third-order valence-electron chi connectivity index (χ3n) is 4.07. The van der Waals surface area contributed by atoms with Gasteiger partial charge in [-0.15, -0.1) is 0 Å². The average molecular weight is 333 g/mol. The van der Waals surface area contributed by atoms with Crippen LogP contribution in [0.5, 0.6) is 11.6 Å². The molecular weight excluding hydrogens is 313 g/mol. The molecule has 7 heteroatoms. The van der Waals surface area contributed by atoms with Crippen LogP contribution in [-0.4, -0.2) is 42.4 Å². The van der Waals surface area contributed by atoms with E-state index < -0.39 is 0 Å². The fourth-order valence-corrected chi connectivity index (χ4v) is 2.54. The number of aromatic nitrogens is 2. The molecule has 1 N–H and O–H groups in total. The van der Waals surface area contributed by atoms with Crippen molar-refractivity contribution in [1.29, 1.82) is 0 Å². The topological polar surface area (TPSA) is 65.5 Å². The molecule has 1 saturated heterocycles. The van der Waals surface area contributed by atoms with E-state index in [1.165, 1.54) is 12.1 Å².